The van der Waals surface area contributed by atoms with Gasteiger partial charge in [0.15, 0.2) is 5.78 Å². The molecule has 0 unspecified atom stereocenters. The first-order valence-corrected chi connectivity index (χ1v) is 8.87. The van der Waals surface area contributed by atoms with Crippen LogP contribution in [0.1, 0.15) is 15.9 Å². The molecular weight excluding hydrogens is 272 g/mol. The molecule has 0 fully saturated rings. The van der Waals surface area contributed by atoms with Crippen molar-refractivity contribution in [3.63, 3.8) is 0 Å². The van der Waals surface area contributed by atoms with Crippen molar-refractivity contribution < 1.29 is 4.79 Å². The van der Waals surface area contributed by atoms with E-state index >= 15 is 0 Å². The number of carbonyl (C=O) groups is 1. The Labute approximate surface area is 125 Å². The maximum Gasteiger partial charge on any atom is 0.192 e. The van der Waals surface area contributed by atoms with Gasteiger partial charge in [-0.1, -0.05) is 84.0 Å². The van der Waals surface area contributed by atoms with Gasteiger partial charge in [-0.3, -0.25) is 4.79 Å². The number of carbonyl (C=O) groups excluding carboxylic acids is 1. The van der Waals surface area contributed by atoms with Crippen LogP contribution in [-0.2, 0) is 0 Å². The fourth-order valence-corrected chi connectivity index (χ4v) is 6.57. The third-order valence-corrected chi connectivity index (χ3v) is 7.47. The second kappa shape index (κ2) is 4.83. The summed E-state index contributed by atoms with van der Waals surface area (Å²) in [6.45, 7) is 0. The van der Waals surface area contributed by atoms with Gasteiger partial charge in [-0.15, -0.1) is 0 Å². The van der Waals surface area contributed by atoms with Gasteiger partial charge >= 0.3 is 0 Å². The van der Waals surface area contributed by atoms with Crippen molar-refractivity contribution in [2.24, 2.45) is 0 Å². The van der Waals surface area contributed by atoms with E-state index in [-0.39, 0.29) is 5.78 Å². The molecule has 0 bridgehead atoms. The van der Waals surface area contributed by atoms with E-state index in [1.807, 2.05) is 42.5 Å². The lowest BCUT2D eigenvalue weighted by atomic mass is 10.0. The largest absolute Gasteiger partial charge is 0.289 e. The maximum absolute atomic E-state index is 12.7. The predicted molar refractivity (Wildman–Crippen MR) is 88.8 cm³/mol. The Morgan fingerprint density at radius 3 is 1.62 bits per heavy atom. The van der Waals surface area contributed by atoms with Gasteiger partial charge in [0, 0.05) is 11.1 Å². The molecule has 1 aliphatic rings. The topological polar surface area (TPSA) is 17.1 Å². The summed E-state index contributed by atoms with van der Waals surface area (Å²) in [4.78, 5) is 12.7. The zero-order valence-electron chi connectivity index (χ0n) is 11.5. The minimum atomic E-state index is -1.54. The lowest BCUT2D eigenvalue weighted by Crippen LogP contribution is -2.58. The van der Waals surface area contributed by atoms with Crippen molar-refractivity contribution >= 4 is 30.1 Å². The lowest BCUT2D eigenvalue weighted by molar-refractivity contribution is 0.104. The highest BCUT2D eigenvalue weighted by Gasteiger charge is 2.32. The van der Waals surface area contributed by atoms with Gasteiger partial charge in [0.25, 0.3) is 0 Å². The van der Waals surface area contributed by atoms with Gasteiger partial charge in [0.2, 0.25) is 0 Å². The number of rotatable bonds is 1. The van der Waals surface area contributed by atoms with Crippen LogP contribution in [0.4, 0.5) is 0 Å². The van der Waals surface area contributed by atoms with E-state index in [0.29, 0.717) is 0 Å². The second-order valence-corrected chi connectivity index (χ2v) is 8.12. The highest BCUT2D eigenvalue weighted by molar-refractivity contribution is 6.97. The van der Waals surface area contributed by atoms with Gasteiger partial charge in [-0.05, 0) is 10.4 Å². The molecule has 0 radical (unpaired) electrons. The molecule has 0 aromatic heterocycles. The Balaban J connectivity index is 2.03. The quantitative estimate of drug-likeness (QED) is 0.484. The Kier molecular flexibility index (Phi) is 2.83. The third-order valence-electron chi connectivity index (χ3n) is 4.17. The van der Waals surface area contributed by atoms with Crippen LogP contribution in [-0.4, -0.2) is 14.6 Å². The average Bonchev–Trinajstić information content (AvgIpc) is 2.56. The summed E-state index contributed by atoms with van der Waals surface area (Å²) in [5.74, 6) is 0.167. The van der Waals surface area contributed by atoms with E-state index in [0.717, 1.165) is 11.1 Å². The van der Waals surface area contributed by atoms with Gasteiger partial charge in [-0.25, -0.2) is 0 Å². The summed E-state index contributed by atoms with van der Waals surface area (Å²) in [7, 11) is -1.54. The number of fused-ring (bicyclic) bond motifs is 2. The maximum atomic E-state index is 12.7. The highest BCUT2D eigenvalue weighted by Crippen LogP contribution is 2.14. The van der Waals surface area contributed by atoms with Gasteiger partial charge in [0.1, 0.15) is 8.80 Å². The fourth-order valence-electron chi connectivity index (χ4n) is 3.23. The molecule has 1 heterocycles. The molecule has 1 aliphatic heterocycles. The minimum absolute atomic E-state index is 0.167. The van der Waals surface area contributed by atoms with Crippen LogP contribution in [0.15, 0.2) is 78.9 Å². The Bertz CT molecular complexity index is 774. The van der Waals surface area contributed by atoms with Gasteiger partial charge in [0.05, 0.1) is 0 Å². The van der Waals surface area contributed by atoms with E-state index in [1.165, 1.54) is 15.6 Å². The minimum Gasteiger partial charge on any atom is -0.289 e. The van der Waals surface area contributed by atoms with Gasteiger partial charge in [-0.2, -0.15) is 0 Å². The zero-order valence-corrected chi connectivity index (χ0v) is 12.6. The summed E-state index contributed by atoms with van der Waals surface area (Å²) in [5, 5.41) is 3.85. The van der Waals surface area contributed by atoms with Crippen LogP contribution in [0, 0.1) is 0 Å². The second-order valence-electron chi connectivity index (χ2n) is 5.35. The molecule has 4 rings (SSSR count). The highest BCUT2D eigenvalue weighted by atomic mass is 28.3. The van der Waals surface area contributed by atoms with E-state index in [4.69, 9.17) is 0 Å². The van der Waals surface area contributed by atoms with Crippen molar-refractivity contribution in [3.8, 4) is 0 Å². The molecule has 0 spiro atoms. The molecule has 2 heteroatoms. The van der Waals surface area contributed by atoms with Crippen molar-refractivity contribution in [2.45, 2.75) is 0 Å². The summed E-state index contributed by atoms with van der Waals surface area (Å²) in [5.41, 5.74) is 1.77. The molecule has 0 amide bonds. The van der Waals surface area contributed by atoms with Crippen LogP contribution in [0.25, 0.3) is 0 Å². The van der Waals surface area contributed by atoms with Crippen molar-refractivity contribution in [1.82, 2.24) is 0 Å². The molecule has 0 aliphatic carbocycles. The van der Waals surface area contributed by atoms with Crippen LogP contribution in [0.3, 0.4) is 0 Å². The molecule has 100 valence electrons. The van der Waals surface area contributed by atoms with E-state index in [9.17, 15) is 4.79 Å². The SMILES string of the molecule is O=C1c2ccccc2[SiH](c2ccccc2)c2ccccc21. The molecule has 0 N–H and O–H groups in total. The van der Waals surface area contributed by atoms with Crippen LogP contribution >= 0.6 is 0 Å². The van der Waals surface area contributed by atoms with Gasteiger partial charge < -0.3 is 0 Å². The number of ketones is 1. The van der Waals surface area contributed by atoms with Crippen molar-refractivity contribution in [2.75, 3.05) is 0 Å². The number of hydrogen-bond donors (Lipinski definition) is 0. The number of benzene rings is 3. The molecular formula is C19H14OSi. The first-order chi connectivity index (χ1) is 10.4. The summed E-state index contributed by atoms with van der Waals surface area (Å²) < 4.78 is 0. The van der Waals surface area contributed by atoms with Crippen molar-refractivity contribution in [3.05, 3.63) is 90.0 Å². The molecule has 0 saturated carbocycles. The molecule has 3 aromatic carbocycles. The standard InChI is InChI=1S/C19H14OSi/c20-19-15-10-4-6-12-17(15)21(14-8-2-1-3-9-14)18-13-7-5-11-16(18)19/h1-13,21H. The fraction of sp³-hybridized carbons (Fsp3) is 0. The van der Waals surface area contributed by atoms with Crippen LogP contribution < -0.4 is 15.6 Å². The summed E-state index contributed by atoms with van der Waals surface area (Å²) >= 11 is 0. The smallest absolute Gasteiger partial charge is 0.192 e. The van der Waals surface area contributed by atoms with E-state index < -0.39 is 8.80 Å². The monoisotopic (exact) mass is 286 g/mol. The normalized spacial score (nSPS) is 13.6. The Hall–Kier alpha value is -2.45. The zero-order chi connectivity index (χ0) is 14.2. The number of hydrogen-bond acceptors (Lipinski definition) is 1. The summed E-state index contributed by atoms with van der Waals surface area (Å²) in [6.07, 6.45) is 0. The molecule has 1 nitrogen and oxygen atoms in total. The van der Waals surface area contributed by atoms with E-state index in [1.54, 1.807) is 0 Å². The average molecular weight is 286 g/mol. The molecule has 3 aromatic rings. The molecule has 0 saturated heterocycles. The Morgan fingerprint density at radius 1 is 0.571 bits per heavy atom. The van der Waals surface area contributed by atoms with E-state index in [2.05, 4.69) is 36.4 Å². The predicted octanol–water partition coefficient (Wildman–Crippen LogP) is 1.48. The summed E-state index contributed by atoms with van der Waals surface area (Å²) in [6, 6.07) is 26.8. The Morgan fingerprint density at radius 2 is 1.05 bits per heavy atom. The van der Waals surface area contributed by atoms with Crippen LogP contribution in [0.5, 0.6) is 0 Å². The third kappa shape index (κ3) is 1.88. The lowest BCUT2D eigenvalue weighted by Gasteiger charge is -2.26. The van der Waals surface area contributed by atoms with Crippen molar-refractivity contribution in [1.29, 1.82) is 0 Å². The first-order valence-electron chi connectivity index (χ1n) is 7.14. The molecule has 21 heavy (non-hydrogen) atoms. The molecule has 0 atom stereocenters. The first kappa shape index (κ1) is 12.3. The van der Waals surface area contributed by atoms with Crippen LogP contribution in [0.2, 0.25) is 0 Å².